The standard InChI is InChI=1S/C11H21NO3/c1-8(2)6-11(3,4)7-12-9(13)10(14)15-5/h8H,6-7H2,1-5H3,(H,12,13). The largest absolute Gasteiger partial charge is 0.462 e. The molecule has 0 spiro atoms. The van der Waals surface area contributed by atoms with Crippen molar-refractivity contribution in [3.8, 4) is 0 Å². The number of carbonyl (C=O) groups is 2. The molecule has 0 saturated carbocycles. The Balaban J connectivity index is 4.03. The van der Waals surface area contributed by atoms with E-state index in [2.05, 4.69) is 37.7 Å². The second-order valence-electron chi connectivity index (χ2n) is 4.94. The van der Waals surface area contributed by atoms with E-state index in [-0.39, 0.29) is 5.41 Å². The number of amides is 1. The van der Waals surface area contributed by atoms with Crippen LogP contribution in [0.15, 0.2) is 0 Å². The van der Waals surface area contributed by atoms with Crippen molar-refractivity contribution >= 4 is 11.9 Å². The van der Waals surface area contributed by atoms with Crippen molar-refractivity contribution in [3.63, 3.8) is 0 Å². The highest BCUT2D eigenvalue weighted by molar-refractivity contribution is 6.32. The highest BCUT2D eigenvalue weighted by atomic mass is 16.5. The van der Waals surface area contributed by atoms with Gasteiger partial charge in [0.2, 0.25) is 0 Å². The lowest BCUT2D eigenvalue weighted by Crippen LogP contribution is -2.39. The molecular weight excluding hydrogens is 194 g/mol. The predicted molar refractivity (Wildman–Crippen MR) is 58.3 cm³/mol. The van der Waals surface area contributed by atoms with Gasteiger partial charge >= 0.3 is 11.9 Å². The first-order chi connectivity index (χ1) is 6.78. The number of hydrogen-bond donors (Lipinski definition) is 1. The minimum absolute atomic E-state index is 0.00213. The van der Waals surface area contributed by atoms with Crippen molar-refractivity contribution in [2.24, 2.45) is 11.3 Å². The van der Waals surface area contributed by atoms with Gasteiger partial charge in [-0.05, 0) is 17.8 Å². The molecule has 0 aliphatic carbocycles. The van der Waals surface area contributed by atoms with Gasteiger partial charge in [0.1, 0.15) is 0 Å². The molecule has 15 heavy (non-hydrogen) atoms. The second kappa shape index (κ2) is 5.73. The summed E-state index contributed by atoms with van der Waals surface area (Å²) in [5.74, 6) is -0.945. The fraction of sp³-hybridized carbons (Fsp3) is 0.818. The zero-order chi connectivity index (χ0) is 12.1. The van der Waals surface area contributed by atoms with Crippen LogP contribution in [0.3, 0.4) is 0 Å². The van der Waals surface area contributed by atoms with Gasteiger partial charge in [0.15, 0.2) is 0 Å². The molecule has 0 aromatic rings. The molecule has 1 amide bonds. The smallest absolute Gasteiger partial charge is 0.396 e. The number of ether oxygens (including phenoxy) is 1. The lowest BCUT2D eigenvalue weighted by atomic mass is 9.84. The van der Waals surface area contributed by atoms with Crippen LogP contribution in [0, 0.1) is 11.3 Å². The first-order valence-corrected chi connectivity index (χ1v) is 5.14. The lowest BCUT2D eigenvalue weighted by molar-refractivity contribution is -0.152. The summed E-state index contributed by atoms with van der Waals surface area (Å²) in [6.45, 7) is 8.86. The molecule has 0 bridgehead atoms. The monoisotopic (exact) mass is 215 g/mol. The summed E-state index contributed by atoms with van der Waals surface area (Å²) in [7, 11) is 1.20. The summed E-state index contributed by atoms with van der Waals surface area (Å²) in [6.07, 6.45) is 0.994. The molecule has 0 aromatic heterocycles. The van der Waals surface area contributed by atoms with Gasteiger partial charge in [-0.25, -0.2) is 4.79 Å². The molecule has 0 rings (SSSR count). The average molecular weight is 215 g/mol. The SMILES string of the molecule is COC(=O)C(=O)NCC(C)(C)CC(C)C. The van der Waals surface area contributed by atoms with Crippen LogP contribution in [0.4, 0.5) is 0 Å². The Kier molecular flexibility index (Phi) is 5.33. The van der Waals surface area contributed by atoms with E-state index in [1.807, 2.05) is 0 Å². The molecule has 0 saturated heterocycles. The van der Waals surface area contributed by atoms with Crippen molar-refractivity contribution in [3.05, 3.63) is 0 Å². The Hall–Kier alpha value is -1.06. The number of hydrogen-bond acceptors (Lipinski definition) is 3. The normalized spacial score (nSPS) is 11.3. The fourth-order valence-electron chi connectivity index (χ4n) is 1.66. The Labute approximate surface area is 91.4 Å². The highest BCUT2D eigenvalue weighted by Crippen LogP contribution is 2.23. The number of nitrogens with one attached hydrogen (secondary N) is 1. The van der Waals surface area contributed by atoms with E-state index < -0.39 is 11.9 Å². The maximum atomic E-state index is 11.1. The van der Waals surface area contributed by atoms with Crippen molar-refractivity contribution in [1.82, 2.24) is 5.32 Å². The van der Waals surface area contributed by atoms with Crippen molar-refractivity contribution in [2.45, 2.75) is 34.1 Å². The fourth-order valence-corrected chi connectivity index (χ4v) is 1.66. The summed E-state index contributed by atoms with van der Waals surface area (Å²) in [6, 6.07) is 0. The molecule has 0 fully saturated rings. The maximum absolute atomic E-state index is 11.1. The van der Waals surface area contributed by atoms with Gasteiger partial charge in [-0.1, -0.05) is 27.7 Å². The van der Waals surface area contributed by atoms with E-state index in [4.69, 9.17) is 0 Å². The summed E-state index contributed by atoms with van der Waals surface area (Å²) in [5, 5.41) is 2.57. The molecule has 0 radical (unpaired) electrons. The quantitative estimate of drug-likeness (QED) is 0.569. The van der Waals surface area contributed by atoms with Crippen LogP contribution in [-0.2, 0) is 14.3 Å². The predicted octanol–water partition coefficient (Wildman–Crippen LogP) is 1.35. The van der Waals surface area contributed by atoms with E-state index in [1.54, 1.807) is 0 Å². The van der Waals surface area contributed by atoms with Crippen molar-refractivity contribution in [1.29, 1.82) is 0 Å². The number of methoxy groups -OCH3 is 1. The van der Waals surface area contributed by atoms with Crippen LogP contribution in [0.2, 0.25) is 0 Å². The van der Waals surface area contributed by atoms with Crippen molar-refractivity contribution < 1.29 is 14.3 Å². The molecule has 0 atom stereocenters. The molecule has 0 aromatic carbocycles. The topological polar surface area (TPSA) is 55.4 Å². The van der Waals surface area contributed by atoms with Crippen LogP contribution in [-0.4, -0.2) is 25.5 Å². The third-order valence-corrected chi connectivity index (χ3v) is 2.06. The number of rotatable bonds is 4. The van der Waals surface area contributed by atoms with Crippen LogP contribution in [0.1, 0.15) is 34.1 Å². The zero-order valence-electron chi connectivity index (χ0n) is 10.2. The molecule has 0 aliphatic rings. The molecular formula is C11H21NO3. The van der Waals surface area contributed by atoms with Gasteiger partial charge in [-0.3, -0.25) is 4.79 Å². The number of esters is 1. The van der Waals surface area contributed by atoms with Crippen molar-refractivity contribution in [2.75, 3.05) is 13.7 Å². The minimum Gasteiger partial charge on any atom is -0.462 e. The molecule has 4 heteroatoms. The Morgan fingerprint density at radius 3 is 2.27 bits per heavy atom. The zero-order valence-corrected chi connectivity index (χ0v) is 10.2. The first kappa shape index (κ1) is 13.9. The van der Waals surface area contributed by atoms with Crippen LogP contribution >= 0.6 is 0 Å². The summed E-state index contributed by atoms with van der Waals surface area (Å²) >= 11 is 0. The van der Waals surface area contributed by atoms with Crippen LogP contribution < -0.4 is 5.32 Å². The third kappa shape index (κ3) is 6.10. The summed E-state index contributed by atoms with van der Waals surface area (Å²) in [5.41, 5.74) is -0.00213. The van der Waals surface area contributed by atoms with E-state index in [9.17, 15) is 9.59 Å². The van der Waals surface area contributed by atoms with Gasteiger partial charge in [-0.2, -0.15) is 0 Å². The molecule has 0 unspecified atom stereocenters. The van der Waals surface area contributed by atoms with Gasteiger partial charge in [0, 0.05) is 6.54 Å². The average Bonchev–Trinajstić information content (AvgIpc) is 2.11. The third-order valence-electron chi connectivity index (χ3n) is 2.06. The summed E-state index contributed by atoms with van der Waals surface area (Å²) in [4.78, 5) is 21.9. The minimum atomic E-state index is -0.838. The van der Waals surface area contributed by atoms with Crippen LogP contribution in [0.25, 0.3) is 0 Å². The van der Waals surface area contributed by atoms with Crippen LogP contribution in [0.5, 0.6) is 0 Å². The van der Waals surface area contributed by atoms with Gasteiger partial charge in [0.05, 0.1) is 7.11 Å². The Bertz CT molecular complexity index is 234. The first-order valence-electron chi connectivity index (χ1n) is 5.14. The molecule has 1 N–H and O–H groups in total. The van der Waals surface area contributed by atoms with E-state index in [0.717, 1.165) is 6.42 Å². The molecule has 88 valence electrons. The maximum Gasteiger partial charge on any atom is 0.396 e. The Morgan fingerprint density at radius 1 is 1.33 bits per heavy atom. The van der Waals surface area contributed by atoms with Gasteiger partial charge in [0.25, 0.3) is 0 Å². The highest BCUT2D eigenvalue weighted by Gasteiger charge is 2.22. The Morgan fingerprint density at radius 2 is 1.87 bits per heavy atom. The molecule has 0 heterocycles. The molecule has 0 aliphatic heterocycles. The number of carbonyl (C=O) groups excluding carboxylic acids is 2. The molecule has 4 nitrogen and oxygen atoms in total. The lowest BCUT2D eigenvalue weighted by Gasteiger charge is -2.26. The second-order valence-corrected chi connectivity index (χ2v) is 4.94. The van der Waals surface area contributed by atoms with Gasteiger partial charge < -0.3 is 10.1 Å². The van der Waals surface area contributed by atoms with E-state index in [1.165, 1.54) is 7.11 Å². The van der Waals surface area contributed by atoms with E-state index in [0.29, 0.717) is 12.5 Å². The summed E-state index contributed by atoms with van der Waals surface area (Å²) < 4.78 is 4.31. The van der Waals surface area contributed by atoms with Gasteiger partial charge in [-0.15, -0.1) is 0 Å². The van der Waals surface area contributed by atoms with E-state index >= 15 is 0 Å².